The topological polar surface area (TPSA) is 414 Å². The Labute approximate surface area is 465 Å². The molecule has 0 radical (unpaired) electrons. The molecule has 28 heteroatoms. The van der Waals surface area contributed by atoms with Crippen LogP contribution in [0.2, 0.25) is 0 Å². The fourth-order valence-corrected chi connectivity index (χ4v) is 11.8. The number of amides is 8. The Kier molecular flexibility index (Phi) is 21.1. The molecule has 12 atom stereocenters. The van der Waals surface area contributed by atoms with E-state index in [1.165, 1.54) is 30.0 Å². The van der Waals surface area contributed by atoms with Gasteiger partial charge in [-0.3, -0.25) is 48.5 Å². The minimum atomic E-state index is -2.50. The first-order valence-corrected chi connectivity index (χ1v) is 28.3. The highest BCUT2D eigenvalue weighted by atomic mass is 32.2. The number of hydrogen-bond donors (Lipinski definition) is 13. The number of aromatic amines is 1. The van der Waals surface area contributed by atoms with Gasteiger partial charge in [-0.25, -0.2) is 9.69 Å². The highest BCUT2D eigenvalue weighted by Crippen LogP contribution is 2.42. The van der Waals surface area contributed by atoms with E-state index in [1.54, 1.807) is 34.6 Å². The molecule has 8 amide bonds. The van der Waals surface area contributed by atoms with Crippen LogP contribution in [0.3, 0.4) is 0 Å². The number of H-pyrrole nitrogens is 1. The van der Waals surface area contributed by atoms with Crippen LogP contribution >= 0.6 is 0 Å². The predicted octanol–water partition coefficient (Wildman–Crippen LogP) is -2.63. The lowest BCUT2D eigenvalue weighted by atomic mass is 9.87. The molecule has 1 saturated heterocycles. The number of alkyl carbamates (subject to hydrolysis) is 1. The fraction of sp³-hybridized carbons (Fsp3) is 0.654. The zero-order chi connectivity index (χ0) is 58.9. The molecule has 1 aromatic heterocycles. The van der Waals surface area contributed by atoms with Crippen molar-refractivity contribution in [3.05, 3.63) is 23.8 Å². The quantitative estimate of drug-likeness (QED) is 0.0465. The summed E-state index contributed by atoms with van der Waals surface area (Å²) in [5.41, 5.74) is 0.434. The third-order valence-electron chi connectivity index (χ3n) is 14.9. The van der Waals surface area contributed by atoms with Gasteiger partial charge in [0.05, 0.1) is 49.5 Å². The Morgan fingerprint density at radius 2 is 1.64 bits per heavy atom. The number of Topliss-reactive ketones (excluding diaryl/α,β-unsaturated/α-hetero) is 1. The molecule has 8 bridgehead atoms. The molecular formula is C52H77N11O16S. The average molecular weight is 1140 g/mol. The highest BCUT2D eigenvalue weighted by Gasteiger charge is 2.62. The van der Waals surface area contributed by atoms with E-state index in [-0.39, 0.29) is 41.2 Å². The van der Waals surface area contributed by atoms with Crippen LogP contribution in [-0.4, -0.2) is 187 Å². The van der Waals surface area contributed by atoms with Gasteiger partial charge in [0.25, 0.3) is 0 Å². The molecule has 14 N–H and O–H groups in total. The summed E-state index contributed by atoms with van der Waals surface area (Å²) in [5.74, 6) is -10.3. The monoisotopic (exact) mass is 1140 g/mol. The number of nitrogens with zero attached hydrogens (tertiary/aromatic N) is 1. The van der Waals surface area contributed by atoms with Crippen molar-refractivity contribution in [3.63, 3.8) is 0 Å². The molecule has 7 rings (SSSR count). The largest absolute Gasteiger partial charge is 0.610 e. The molecule has 5 aliphatic rings. The van der Waals surface area contributed by atoms with E-state index in [2.05, 4.69) is 47.5 Å². The molecular weight excluding hydrogens is 1070 g/mol. The summed E-state index contributed by atoms with van der Waals surface area (Å²) >= 11 is -2.35. The summed E-state index contributed by atoms with van der Waals surface area (Å²) in [7, 11) is 0. The van der Waals surface area contributed by atoms with Gasteiger partial charge in [0.15, 0.2) is 12.3 Å². The van der Waals surface area contributed by atoms with Gasteiger partial charge in [-0.05, 0) is 58.1 Å². The number of aldehydes is 1. The van der Waals surface area contributed by atoms with Crippen LogP contribution in [0, 0.1) is 11.8 Å². The zero-order valence-electron chi connectivity index (χ0n) is 45.9. The van der Waals surface area contributed by atoms with Crippen LogP contribution in [0.25, 0.3) is 10.9 Å². The van der Waals surface area contributed by atoms with Crippen molar-refractivity contribution >= 4 is 81.6 Å². The molecule has 6 heterocycles. The van der Waals surface area contributed by atoms with Crippen molar-refractivity contribution in [2.45, 2.75) is 170 Å². The fourth-order valence-electron chi connectivity index (χ4n) is 10.4. The third kappa shape index (κ3) is 15.1. The Morgan fingerprint density at radius 1 is 0.950 bits per heavy atom. The molecule has 4 unspecified atom stereocenters. The van der Waals surface area contributed by atoms with Gasteiger partial charge in [-0.15, -0.1) is 0 Å². The van der Waals surface area contributed by atoms with Crippen LogP contribution in [0.15, 0.2) is 23.2 Å². The lowest BCUT2D eigenvalue weighted by molar-refractivity contribution is -0.175. The molecule has 0 aliphatic carbocycles. The first-order chi connectivity index (χ1) is 37.7. The first-order valence-electron chi connectivity index (χ1n) is 27.0. The van der Waals surface area contributed by atoms with Crippen molar-refractivity contribution in [2.75, 3.05) is 38.5 Å². The minimum Gasteiger partial charge on any atom is -0.610 e. The van der Waals surface area contributed by atoms with E-state index in [0.29, 0.717) is 37.4 Å². The number of fused-ring (bicyclic) bond motifs is 6. The van der Waals surface area contributed by atoms with Gasteiger partial charge < -0.3 is 77.3 Å². The second-order valence-corrected chi connectivity index (χ2v) is 23.5. The van der Waals surface area contributed by atoms with Crippen molar-refractivity contribution in [2.24, 2.45) is 17.6 Å². The molecule has 0 saturated carbocycles. The molecule has 1 fully saturated rings. The number of ketones is 1. The standard InChI is InChI=1S/C52H77N11O16S/c1-7-27(2)41-46(74)56-21-39(69)57-36-25-80(77)48-32-19-35(44(72)55-22-40(70)61-41)59-47(75)42(28(3)37(67)24-64)62-51(26-65)20-29(66)23-63(51)52(78-30-12-13-31(32)34(18-30)60-48,43(71)33(58-45(36)73)14-15-38(53)68)16-10-8-9-11-17-54-49(76)79-50(4,5)6/h12-13,18,26-29,33,35-37,41-42,60,62,64,66-67H,7-11,14-17,19-25H2,1-6H3,(H2,53,68)(H,54,76)(H,55,72)(H,56,74)(H,57,69)(H,58,73)(H,59,75)(H,61,70)/t27-,28-,29+,33-,35?,36?,37-,41-,42-,51-,52?,80?/m0/s1. The second kappa shape index (κ2) is 26.9. The number of benzene rings is 1. The van der Waals surface area contributed by atoms with Gasteiger partial charge >= 0.3 is 6.09 Å². The van der Waals surface area contributed by atoms with Gasteiger partial charge in [-0.1, -0.05) is 40.0 Å². The van der Waals surface area contributed by atoms with Gasteiger partial charge in [-0.2, -0.15) is 0 Å². The summed E-state index contributed by atoms with van der Waals surface area (Å²) in [5, 5.41) is 54.7. The van der Waals surface area contributed by atoms with E-state index in [1.807, 2.05) is 0 Å². The maximum atomic E-state index is 16.3. The SMILES string of the molecule is CC[C@H](C)[C@@H]1NC(=O)CNC(=O)C2Cc3c4[nH]c5cc(ccc35)OC(CCCCCCNC(=O)OC(C)(C)C)(C(=O)[C@H](CCC(N)=O)NC(=O)C(C[S+]4[O-])NC(=O)CNC1=O)N1C[C@H](O)C[C@]1(C=O)N[C@@H]([C@@H](C)[C@@H](O)CO)C(=O)N2. The number of primary amides is 1. The van der Waals surface area contributed by atoms with E-state index in [0.717, 1.165) is 0 Å². The number of aromatic nitrogens is 1. The van der Waals surface area contributed by atoms with E-state index in [9.17, 15) is 58.2 Å². The Bertz CT molecular complexity index is 2650. The number of hydrogen-bond acceptors (Lipinski definition) is 18. The maximum absolute atomic E-state index is 16.3. The Balaban J connectivity index is 1.63. The van der Waals surface area contributed by atoms with E-state index in [4.69, 9.17) is 15.2 Å². The van der Waals surface area contributed by atoms with Crippen molar-refractivity contribution in [1.82, 2.24) is 52.4 Å². The van der Waals surface area contributed by atoms with Crippen LogP contribution in [0.4, 0.5) is 4.79 Å². The van der Waals surface area contributed by atoms with Crippen LogP contribution in [0.1, 0.15) is 105 Å². The Morgan fingerprint density at radius 3 is 2.30 bits per heavy atom. The van der Waals surface area contributed by atoms with Crippen LogP contribution in [0.5, 0.6) is 5.75 Å². The molecule has 2 aromatic rings. The molecule has 442 valence electrons. The Hall–Kier alpha value is -6.43. The number of carbonyl (C=O) groups excluding carboxylic acids is 10. The van der Waals surface area contributed by atoms with Gasteiger partial charge in [0.1, 0.15) is 34.8 Å². The lowest BCUT2D eigenvalue weighted by Crippen LogP contribution is -2.74. The summed E-state index contributed by atoms with van der Waals surface area (Å²) in [4.78, 5) is 146. The number of nitrogens with two attached hydrogens (primary N) is 1. The number of aliphatic hydroxyl groups is 3. The van der Waals surface area contributed by atoms with Crippen molar-refractivity contribution < 1.29 is 77.3 Å². The lowest BCUT2D eigenvalue weighted by Gasteiger charge is -2.49. The van der Waals surface area contributed by atoms with Crippen molar-refractivity contribution in [3.8, 4) is 5.75 Å². The zero-order valence-corrected chi connectivity index (χ0v) is 46.7. The van der Waals surface area contributed by atoms with E-state index >= 15 is 9.59 Å². The molecule has 80 heavy (non-hydrogen) atoms. The smallest absolute Gasteiger partial charge is 0.407 e. The number of nitrogens with one attached hydrogen (secondary N) is 9. The van der Waals surface area contributed by atoms with Crippen molar-refractivity contribution in [1.29, 1.82) is 0 Å². The first kappa shape index (κ1) is 62.8. The number of unbranched alkanes of at least 4 members (excludes halogenated alkanes) is 3. The maximum Gasteiger partial charge on any atom is 0.407 e. The highest BCUT2D eigenvalue weighted by molar-refractivity contribution is 7.91. The number of ether oxygens (including phenoxy) is 2. The summed E-state index contributed by atoms with van der Waals surface area (Å²) in [6.07, 6.45) is -4.25. The van der Waals surface area contributed by atoms with Crippen LogP contribution < -0.4 is 53.0 Å². The van der Waals surface area contributed by atoms with Crippen LogP contribution in [-0.2, 0) is 65.5 Å². The van der Waals surface area contributed by atoms with Gasteiger partial charge in [0, 0.05) is 72.9 Å². The summed E-state index contributed by atoms with van der Waals surface area (Å²) in [6.45, 7) is 7.18. The number of aliphatic hydroxyl groups excluding tert-OH is 3. The summed E-state index contributed by atoms with van der Waals surface area (Å²) < 4.78 is 27.4. The number of rotatable bonds is 16. The third-order valence-corrected chi connectivity index (χ3v) is 16.3. The molecule has 0 spiro atoms. The minimum absolute atomic E-state index is 0.0610. The molecule has 27 nitrogen and oxygen atoms in total. The normalized spacial score (nSPS) is 28.6. The summed E-state index contributed by atoms with van der Waals surface area (Å²) in [6, 6.07) is -3.87. The molecule has 5 aliphatic heterocycles. The van der Waals surface area contributed by atoms with E-state index < -0.39 is 193 Å². The molecule has 1 aromatic carbocycles. The predicted molar refractivity (Wildman–Crippen MR) is 286 cm³/mol. The average Bonchev–Trinajstić information content (AvgIpc) is 3.94. The second-order valence-electron chi connectivity index (χ2n) is 22.1. The number of carbonyl (C=O) groups is 10. The van der Waals surface area contributed by atoms with Gasteiger partial charge in [0.2, 0.25) is 57.9 Å².